The van der Waals surface area contributed by atoms with Crippen LogP contribution in [0.1, 0.15) is 24.6 Å². The lowest BCUT2D eigenvalue weighted by Gasteiger charge is -2.21. The van der Waals surface area contributed by atoms with Crippen molar-refractivity contribution < 1.29 is 4.74 Å². The van der Waals surface area contributed by atoms with E-state index in [1.165, 1.54) is 11.3 Å². The highest BCUT2D eigenvalue weighted by molar-refractivity contribution is 7.80. The molecule has 0 radical (unpaired) electrons. The van der Waals surface area contributed by atoms with E-state index in [9.17, 15) is 0 Å². The third kappa shape index (κ3) is 1.96. The topological polar surface area (TPSA) is 27.1 Å². The number of rotatable bonds is 1. The average Bonchev–Trinajstić information content (AvgIpc) is 2.67. The largest absolute Gasteiger partial charge is 0.381 e. The number of thiol groups is 1. The fraction of sp³-hybridized carbons (Fsp3) is 0.462. The van der Waals surface area contributed by atoms with Crippen LogP contribution < -0.4 is 0 Å². The lowest BCUT2D eigenvalue weighted by atomic mass is 9.99. The van der Waals surface area contributed by atoms with Gasteiger partial charge in [0.2, 0.25) is 0 Å². The van der Waals surface area contributed by atoms with Gasteiger partial charge in [-0.3, -0.25) is 0 Å². The maximum absolute atomic E-state index is 5.40. The molecule has 0 unspecified atom stereocenters. The fourth-order valence-electron chi connectivity index (χ4n) is 2.53. The molecule has 1 aliphatic rings. The van der Waals surface area contributed by atoms with Crippen LogP contribution in [0.3, 0.4) is 0 Å². The van der Waals surface area contributed by atoms with E-state index in [4.69, 9.17) is 9.72 Å². The van der Waals surface area contributed by atoms with E-state index in [-0.39, 0.29) is 0 Å². The molecule has 0 amide bonds. The smallest absolute Gasteiger partial charge is 0.112 e. The van der Waals surface area contributed by atoms with Gasteiger partial charge in [-0.05, 0) is 31.0 Å². The average molecular weight is 248 g/mol. The van der Waals surface area contributed by atoms with E-state index >= 15 is 0 Å². The Hall–Kier alpha value is -1.00. The molecule has 2 heterocycles. The summed E-state index contributed by atoms with van der Waals surface area (Å²) in [4.78, 5) is 5.72. The highest BCUT2D eigenvalue weighted by atomic mass is 32.1. The van der Waals surface area contributed by atoms with Gasteiger partial charge in [-0.15, -0.1) is 12.6 Å². The van der Waals surface area contributed by atoms with Crippen molar-refractivity contribution in [1.82, 2.24) is 9.55 Å². The molecule has 0 bridgehead atoms. The van der Waals surface area contributed by atoms with Crippen molar-refractivity contribution in [2.75, 3.05) is 13.2 Å². The van der Waals surface area contributed by atoms with E-state index in [2.05, 4.69) is 30.3 Å². The predicted molar refractivity (Wildman–Crippen MR) is 70.8 cm³/mol. The molecule has 4 heteroatoms. The first-order chi connectivity index (χ1) is 8.25. The summed E-state index contributed by atoms with van der Waals surface area (Å²) >= 11 is 4.36. The minimum absolute atomic E-state index is 0.532. The number of hydrogen-bond acceptors (Lipinski definition) is 3. The highest BCUT2D eigenvalue weighted by Crippen LogP contribution is 2.29. The highest BCUT2D eigenvalue weighted by Gasteiger charge is 2.21. The molecule has 90 valence electrons. The summed E-state index contributed by atoms with van der Waals surface area (Å²) in [6, 6.07) is 6.13. The number of benzene rings is 1. The Morgan fingerprint density at radius 3 is 2.88 bits per heavy atom. The van der Waals surface area contributed by atoms with Crippen LogP contribution in [0, 0.1) is 0 Å². The molecule has 1 fully saturated rings. The fourth-order valence-corrected chi connectivity index (χ4v) is 2.72. The van der Waals surface area contributed by atoms with Crippen LogP contribution in [-0.2, 0) is 11.8 Å². The van der Waals surface area contributed by atoms with Crippen molar-refractivity contribution >= 4 is 23.7 Å². The van der Waals surface area contributed by atoms with Gasteiger partial charge in [-0.1, -0.05) is 0 Å². The lowest BCUT2D eigenvalue weighted by molar-refractivity contribution is 0.0831. The first kappa shape index (κ1) is 11.1. The Labute approximate surface area is 106 Å². The number of aryl methyl sites for hydroxylation is 1. The summed E-state index contributed by atoms with van der Waals surface area (Å²) in [7, 11) is 2.10. The van der Waals surface area contributed by atoms with Crippen molar-refractivity contribution in [2.24, 2.45) is 7.05 Å². The van der Waals surface area contributed by atoms with Crippen LogP contribution in [0.4, 0.5) is 0 Å². The Balaban J connectivity index is 2.07. The van der Waals surface area contributed by atoms with Gasteiger partial charge in [-0.25, -0.2) is 4.98 Å². The lowest BCUT2D eigenvalue weighted by Crippen LogP contribution is -2.17. The molecule has 3 rings (SSSR count). The van der Waals surface area contributed by atoms with E-state index in [1.807, 2.05) is 12.1 Å². The first-order valence-corrected chi connectivity index (χ1v) is 6.43. The number of aromatic nitrogens is 2. The summed E-state index contributed by atoms with van der Waals surface area (Å²) in [5.41, 5.74) is 2.23. The molecular formula is C13H16N2OS. The summed E-state index contributed by atoms with van der Waals surface area (Å²) in [6.45, 7) is 1.71. The molecular weight excluding hydrogens is 232 g/mol. The van der Waals surface area contributed by atoms with E-state index < -0.39 is 0 Å². The van der Waals surface area contributed by atoms with Gasteiger partial charge in [0.15, 0.2) is 0 Å². The van der Waals surface area contributed by atoms with E-state index in [1.54, 1.807) is 0 Å². The Kier molecular flexibility index (Phi) is 2.84. The molecule has 0 N–H and O–H groups in total. The molecule has 1 aromatic carbocycles. The molecule has 0 spiro atoms. The summed E-state index contributed by atoms with van der Waals surface area (Å²) in [5.74, 6) is 1.71. The second-order valence-electron chi connectivity index (χ2n) is 4.59. The Bertz CT molecular complexity index is 544. The van der Waals surface area contributed by atoms with Crippen molar-refractivity contribution in [1.29, 1.82) is 0 Å². The van der Waals surface area contributed by atoms with Crippen molar-refractivity contribution in [2.45, 2.75) is 23.7 Å². The van der Waals surface area contributed by atoms with Gasteiger partial charge in [0.1, 0.15) is 5.82 Å². The minimum atomic E-state index is 0.532. The van der Waals surface area contributed by atoms with Crippen molar-refractivity contribution in [3.8, 4) is 0 Å². The number of imidazole rings is 1. The van der Waals surface area contributed by atoms with Gasteiger partial charge in [0.25, 0.3) is 0 Å². The monoisotopic (exact) mass is 248 g/mol. The number of fused-ring (bicyclic) bond motifs is 1. The van der Waals surface area contributed by atoms with Crippen LogP contribution in [0.25, 0.3) is 11.0 Å². The molecule has 1 aromatic heterocycles. The summed E-state index contributed by atoms with van der Waals surface area (Å²) < 4.78 is 7.61. The molecule has 0 saturated carbocycles. The second-order valence-corrected chi connectivity index (χ2v) is 5.11. The van der Waals surface area contributed by atoms with Gasteiger partial charge in [0, 0.05) is 31.1 Å². The summed E-state index contributed by atoms with van der Waals surface area (Å²) in [6.07, 6.45) is 2.15. The van der Waals surface area contributed by atoms with Crippen LogP contribution in [0.2, 0.25) is 0 Å². The standard InChI is InChI=1S/C13H16N2OS/c1-15-12-3-2-10(17)8-11(12)14-13(15)9-4-6-16-7-5-9/h2-3,8-9,17H,4-7H2,1H3. The molecule has 17 heavy (non-hydrogen) atoms. The Morgan fingerprint density at radius 1 is 1.35 bits per heavy atom. The molecule has 1 aliphatic heterocycles. The third-order valence-electron chi connectivity index (χ3n) is 3.49. The second kappa shape index (κ2) is 4.35. The van der Waals surface area contributed by atoms with Gasteiger partial charge in [0.05, 0.1) is 11.0 Å². The molecule has 2 aromatic rings. The van der Waals surface area contributed by atoms with Gasteiger partial charge >= 0.3 is 0 Å². The SMILES string of the molecule is Cn1c(C2CCOCC2)nc2cc(S)ccc21. The van der Waals surface area contributed by atoms with Crippen molar-refractivity contribution in [3.63, 3.8) is 0 Å². The molecule has 0 atom stereocenters. The maximum Gasteiger partial charge on any atom is 0.112 e. The number of ether oxygens (including phenoxy) is 1. The predicted octanol–water partition coefficient (Wildman–Crippen LogP) is 2.76. The van der Waals surface area contributed by atoms with Crippen LogP contribution >= 0.6 is 12.6 Å². The third-order valence-corrected chi connectivity index (χ3v) is 3.76. The zero-order chi connectivity index (χ0) is 11.8. The summed E-state index contributed by atoms with van der Waals surface area (Å²) in [5, 5.41) is 0. The zero-order valence-corrected chi connectivity index (χ0v) is 10.8. The zero-order valence-electron chi connectivity index (χ0n) is 9.89. The minimum Gasteiger partial charge on any atom is -0.381 e. The molecule has 3 nitrogen and oxygen atoms in total. The Morgan fingerprint density at radius 2 is 2.12 bits per heavy atom. The molecule has 0 aliphatic carbocycles. The van der Waals surface area contributed by atoms with Crippen molar-refractivity contribution in [3.05, 3.63) is 24.0 Å². The van der Waals surface area contributed by atoms with Crippen LogP contribution in [-0.4, -0.2) is 22.8 Å². The van der Waals surface area contributed by atoms with E-state index in [0.717, 1.165) is 36.5 Å². The van der Waals surface area contributed by atoms with Crippen LogP contribution in [0.15, 0.2) is 23.1 Å². The molecule has 1 saturated heterocycles. The van der Waals surface area contributed by atoms with Crippen LogP contribution in [0.5, 0.6) is 0 Å². The van der Waals surface area contributed by atoms with Gasteiger partial charge < -0.3 is 9.30 Å². The quantitative estimate of drug-likeness (QED) is 0.786. The normalized spacial score (nSPS) is 17.8. The number of nitrogens with zero attached hydrogens (tertiary/aromatic N) is 2. The first-order valence-electron chi connectivity index (χ1n) is 5.99. The maximum atomic E-state index is 5.40. The van der Waals surface area contributed by atoms with Gasteiger partial charge in [-0.2, -0.15) is 0 Å². The number of hydrogen-bond donors (Lipinski definition) is 1. The van der Waals surface area contributed by atoms with E-state index in [0.29, 0.717) is 5.92 Å².